The fourth-order valence-electron chi connectivity index (χ4n) is 3.56. The van der Waals surface area contributed by atoms with Gasteiger partial charge in [0.2, 0.25) is 6.79 Å². The van der Waals surface area contributed by atoms with Gasteiger partial charge in [-0.05, 0) is 24.3 Å². The number of nitrogens with zero attached hydrogens (tertiary/aromatic N) is 4. The number of nitrogens with one attached hydrogen (secondary N) is 1. The normalized spacial score (nSPS) is 15.6. The van der Waals surface area contributed by atoms with Crippen molar-refractivity contribution in [3.05, 3.63) is 54.4 Å². The smallest absolute Gasteiger partial charge is 0.321 e. The molecule has 0 spiro atoms. The second-order valence-electron chi connectivity index (χ2n) is 6.87. The minimum absolute atomic E-state index is 0.0676. The number of piperazine rings is 1. The molecule has 1 fully saturated rings. The number of hydrogen-bond donors (Lipinski definition) is 1. The van der Waals surface area contributed by atoms with Crippen LogP contribution < -0.4 is 14.8 Å². The summed E-state index contributed by atoms with van der Waals surface area (Å²) in [4.78, 5) is 28.9. The van der Waals surface area contributed by atoms with E-state index in [1.165, 1.54) is 0 Å². The van der Waals surface area contributed by atoms with E-state index in [-0.39, 0.29) is 18.7 Å². The van der Waals surface area contributed by atoms with Crippen LogP contribution in [0, 0.1) is 0 Å². The van der Waals surface area contributed by atoms with E-state index in [0.717, 1.165) is 5.52 Å². The molecule has 0 bridgehead atoms. The summed E-state index contributed by atoms with van der Waals surface area (Å²) in [6, 6.07) is 10.7. The zero-order valence-electron chi connectivity index (χ0n) is 15.6. The number of carbonyl (C=O) groups is 2. The van der Waals surface area contributed by atoms with Crippen molar-refractivity contribution in [3.63, 3.8) is 0 Å². The van der Waals surface area contributed by atoms with E-state index in [2.05, 4.69) is 10.4 Å². The molecule has 5 rings (SSSR count). The number of anilines is 1. The van der Waals surface area contributed by atoms with Crippen molar-refractivity contribution < 1.29 is 19.1 Å². The Morgan fingerprint density at radius 2 is 1.76 bits per heavy atom. The Morgan fingerprint density at radius 3 is 2.62 bits per heavy atom. The first kappa shape index (κ1) is 17.4. The monoisotopic (exact) mass is 393 g/mol. The van der Waals surface area contributed by atoms with Gasteiger partial charge in [0, 0.05) is 44.1 Å². The van der Waals surface area contributed by atoms with Gasteiger partial charge in [-0.25, -0.2) is 9.31 Å². The predicted octanol–water partition coefficient (Wildman–Crippen LogP) is 2.05. The van der Waals surface area contributed by atoms with Crippen LogP contribution in [0.3, 0.4) is 0 Å². The lowest BCUT2D eigenvalue weighted by Crippen LogP contribution is -2.51. The lowest BCUT2D eigenvalue weighted by atomic mass is 10.2. The molecule has 148 valence electrons. The van der Waals surface area contributed by atoms with Gasteiger partial charge in [0.15, 0.2) is 11.5 Å². The first-order chi connectivity index (χ1) is 14.2. The van der Waals surface area contributed by atoms with E-state index in [4.69, 9.17) is 9.47 Å². The lowest BCUT2D eigenvalue weighted by molar-refractivity contribution is 0.0673. The zero-order valence-corrected chi connectivity index (χ0v) is 15.6. The predicted molar refractivity (Wildman–Crippen MR) is 104 cm³/mol. The van der Waals surface area contributed by atoms with Crippen molar-refractivity contribution in [3.8, 4) is 11.5 Å². The third-order valence-electron chi connectivity index (χ3n) is 5.13. The number of hydrogen-bond acceptors (Lipinski definition) is 5. The molecule has 1 aromatic carbocycles. The molecule has 0 radical (unpaired) electrons. The summed E-state index contributed by atoms with van der Waals surface area (Å²) in [5.74, 6) is 1.22. The van der Waals surface area contributed by atoms with E-state index in [0.29, 0.717) is 48.9 Å². The molecule has 0 aliphatic carbocycles. The van der Waals surface area contributed by atoms with E-state index < -0.39 is 0 Å². The molecule has 2 aromatic heterocycles. The van der Waals surface area contributed by atoms with Crippen LogP contribution in [0.5, 0.6) is 11.5 Å². The van der Waals surface area contributed by atoms with E-state index >= 15 is 0 Å². The quantitative estimate of drug-likeness (QED) is 0.720. The molecule has 4 heterocycles. The third kappa shape index (κ3) is 3.20. The maximum absolute atomic E-state index is 12.9. The number of fused-ring (bicyclic) bond motifs is 2. The highest BCUT2D eigenvalue weighted by Gasteiger charge is 2.26. The van der Waals surface area contributed by atoms with Gasteiger partial charge in [-0.3, -0.25) is 4.79 Å². The summed E-state index contributed by atoms with van der Waals surface area (Å²) in [5, 5.41) is 7.10. The SMILES string of the molecule is O=C(Nc1ccc2c(c1)OCO2)N1CCN(C(=O)c2cnn3ccccc23)CC1. The summed E-state index contributed by atoms with van der Waals surface area (Å²) < 4.78 is 12.3. The van der Waals surface area contributed by atoms with Gasteiger partial charge in [-0.15, -0.1) is 0 Å². The van der Waals surface area contributed by atoms with Crippen molar-refractivity contribution in [2.24, 2.45) is 0 Å². The topological polar surface area (TPSA) is 88.4 Å². The second kappa shape index (κ2) is 7.01. The van der Waals surface area contributed by atoms with Crippen LogP contribution in [0.1, 0.15) is 10.4 Å². The average Bonchev–Trinajstić information content (AvgIpc) is 3.40. The van der Waals surface area contributed by atoms with Gasteiger partial charge in [-0.2, -0.15) is 5.10 Å². The minimum atomic E-state index is -0.202. The van der Waals surface area contributed by atoms with E-state index in [9.17, 15) is 9.59 Å². The van der Waals surface area contributed by atoms with E-state index in [1.807, 2.05) is 24.4 Å². The highest BCUT2D eigenvalue weighted by molar-refractivity contribution is 6.00. The van der Waals surface area contributed by atoms with Crippen LogP contribution in [0.15, 0.2) is 48.8 Å². The number of urea groups is 1. The fraction of sp³-hybridized carbons (Fsp3) is 0.250. The Morgan fingerprint density at radius 1 is 0.966 bits per heavy atom. The maximum atomic E-state index is 12.9. The number of aromatic nitrogens is 2. The standard InChI is InChI=1S/C20H19N5O4/c26-19(15-12-21-25-6-2-1-3-16(15)25)23-7-9-24(10-8-23)20(27)22-14-4-5-17-18(11-14)29-13-28-17/h1-6,11-12H,7-10,13H2,(H,22,27). The number of benzene rings is 1. The summed E-state index contributed by atoms with van der Waals surface area (Å²) >= 11 is 0. The minimum Gasteiger partial charge on any atom is -0.454 e. The van der Waals surface area contributed by atoms with Crippen LogP contribution >= 0.6 is 0 Å². The molecular weight excluding hydrogens is 374 g/mol. The van der Waals surface area contributed by atoms with Gasteiger partial charge in [0.1, 0.15) is 0 Å². The summed E-state index contributed by atoms with van der Waals surface area (Å²) in [6.45, 7) is 2.05. The van der Waals surface area contributed by atoms with Crippen molar-refractivity contribution in [1.29, 1.82) is 0 Å². The first-order valence-corrected chi connectivity index (χ1v) is 9.36. The number of amides is 3. The Kier molecular flexibility index (Phi) is 4.19. The van der Waals surface area contributed by atoms with Gasteiger partial charge in [0.05, 0.1) is 17.3 Å². The molecule has 2 aliphatic heterocycles. The van der Waals surface area contributed by atoms with Crippen LogP contribution in [-0.2, 0) is 0 Å². The molecule has 9 nitrogen and oxygen atoms in total. The van der Waals surface area contributed by atoms with Crippen molar-refractivity contribution >= 4 is 23.1 Å². The molecule has 0 atom stereocenters. The molecule has 3 aromatic rings. The van der Waals surface area contributed by atoms with Crippen LogP contribution in [0.2, 0.25) is 0 Å². The van der Waals surface area contributed by atoms with Crippen molar-refractivity contribution in [2.45, 2.75) is 0 Å². The Balaban J connectivity index is 1.21. The van der Waals surface area contributed by atoms with Crippen LogP contribution in [0.4, 0.5) is 10.5 Å². The molecule has 0 unspecified atom stereocenters. The van der Waals surface area contributed by atoms with Gasteiger partial charge < -0.3 is 24.6 Å². The summed E-state index contributed by atoms with van der Waals surface area (Å²) in [7, 11) is 0. The van der Waals surface area contributed by atoms with Crippen molar-refractivity contribution in [1.82, 2.24) is 19.4 Å². The van der Waals surface area contributed by atoms with Gasteiger partial charge in [-0.1, -0.05) is 6.07 Å². The number of pyridine rings is 1. The first-order valence-electron chi connectivity index (χ1n) is 9.36. The maximum Gasteiger partial charge on any atom is 0.321 e. The van der Waals surface area contributed by atoms with Crippen molar-refractivity contribution in [2.75, 3.05) is 38.3 Å². The molecular formula is C20H19N5O4. The molecule has 3 amide bonds. The molecule has 0 saturated carbocycles. The fourth-order valence-corrected chi connectivity index (χ4v) is 3.56. The molecule has 2 aliphatic rings. The Labute approximate surface area is 166 Å². The zero-order chi connectivity index (χ0) is 19.8. The van der Waals surface area contributed by atoms with E-state index in [1.54, 1.807) is 38.7 Å². The van der Waals surface area contributed by atoms with Crippen LogP contribution in [-0.4, -0.2) is 64.3 Å². The van der Waals surface area contributed by atoms with Gasteiger partial charge in [0.25, 0.3) is 5.91 Å². The molecule has 29 heavy (non-hydrogen) atoms. The number of rotatable bonds is 2. The number of carbonyl (C=O) groups excluding carboxylic acids is 2. The van der Waals surface area contributed by atoms with Crippen LogP contribution in [0.25, 0.3) is 5.52 Å². The summed E-state index contributed by atoms with van der Waals surface area (Å²) in [6.07, 6.45) is 3.40. The molecule has 1 N–H and O–H groups in total. The van der Waals surface area contributed by atoms with Gasteiger partial charge >= 0.3 is 6.03 Å². The largest absolute Gasteiger partial charge is 0.454 e. The third-order valence-corrected chi connectivity index (χ3v) is 5.13. The highest BCUT2D eigenvalue weighted by Crippen LogP contribution is 2.34. The molecule has 9 heteroatoms. The summed E-state index contributed by atoms with van der Waals surface area (Å²) in [5.41, 5.74) is 1.99. The highest BCUT2D eigenvalue weighted by atomic mass is 16.7. The average molecular weight is 393 g/mol. The lowest BCUT2D eigenvalue weighted by Gasteiger charge is -2.34. The Hall–Kier alpha value is -3.75. The Bertz CT molecular complexity index is 1090. The second-order valence-corrected chi connectivity index (χ2v) is 6.87. The molecule has 1 saturated heterocycles. The number of ether oxygens (including phenoxy) is 2.